The molecule has 0 spiro atoms. The van der Waals surface area contributed by atoms with Crippen molar-refractivity contribution in [1.29, 1.82) is 0 Å². The van der Waals surface area contributed by atoms with Crippen molar-refractivity contribution in [2.24, 2.45) is 0 Å². The highest BCUT2D eigenvalue weighted by atomic mass is 31.3. The second-order valence-corrected chi connectivity index (χ2v) is 10.2. The van der Waals surface area contributed by atoms with Crippen molar-refractivity contribution in [3.05, 3.63) is 16.7 Å². The van der Waals surface area contributed by atoms with Crippen LogP contribution in [0.4, 0.5) is 5.95 Å². The molecule has 0 saturated carbocycles. The quantitative estimate of drug-likeness (QED) is 0.168. The van der Waals surface area contributed by atoms with Gasteiger partial charge in [-0.15, -0.1) is 0 Å². The molecular formula is C10H16N5O14P3. The van der Waals surface area contributed by atoms with E-state index in [0.717, 1.165) is 10.9 Å². The number of phosphoric acid groups is 3. The van der Waals surface area contributed by atoms with E-state index in [9.17, 15) is 28.5 Å². The Morgan fingerprint density at radius 1 is 1.19 bits per heavy atom. The number of hydrogen-bond acceptors (Lipinski definition) is 12. The minimum absolute atomic E-state index is 0.204. The van der Waals surface area contributed by atoms with Gasteiger partial charge >= 0.3 is 23.5 Å². The number of nitrogen functional groups attached to an aromatic ring is 1. The number of imidazole rings is 1. The lowest BCUT2D eigenvalue weighted by Crippen LogP contribution is -2.36. The smallest absolute Gasteiger partial charge is 0.386 e. The maximum Gasteiger partial charge on any atom is 0.481 e. The van der Waals surface area contributed by atoms with Crippen molar-refractivity contribution in [2.75, 3.05) is 12.3 Å². The van der Waals surface area contributed by atoms with Crippen molar-refractivity contribution < 1.29 is 61.4 Å². The van der Waals surface area contributed by atoms with E-state index in [2.05, 4.69) is 28.3 Å². The maximum atomic E-state index is 11.9. The standard InChI is InChI=1S/C10H16N5O14P3/c11-10-13-7-4(8(17)14-10)12-2-15(7)9-5(16)6(3(27-9)1-26-30(18,19)20)28-32(24,25)29-31(21,22)23/h2-3,5-6,9,16H,1H2,(H,24,25)(H2,18,19,20)(H2,21,22,23)(H3,11,13,14,17)/t3-,5-,6-,9-/m1/s1. The number of aromatic nitrogens is 4. The van der Waals surface area contributed by atoms with Crippen molar-refractivity contribution in [1.82, 2.24) is 19.5 Å². The lowest BCUT2D eigenvalue weighted by Gasteiger charge is -2.23. The van der Waals surface area contributed by atoms with Gasteiger partial charge < -0.3 is 40.0 Å². The van der Waals surface area contributed by atoms with Crippen LogP contribution in [-0.4, -0.2) is 74.0 Å². The van der Waals surface area contributed by atoms with E-state index in [1.807, 2.05) is 0 Å². The summed E-state index contributed by atoms with van der Waals surface area (Å²) in [5.74, 6) is -0.333. The molecule has 32 heavy (non-hydrogen) atoms. The minimum Gasteiger partial charge on any atom is -0.386 e. The summed E-state index contributed by atoms with van der Waals surface area (Å²) in [5, 5.41) is 10.6. The Bertz CT molecular complexity index is 1200. The fourth-order valence-electron chi connectivity index (χ4n) is 2.82. The van der Waals surface area contributed by atoms with Gasteiger partial charge in [0.05, 0.1) is 12.9 Å². The number of phosphoric ester groups is 2. The molecule has 19 nitrogen and oxygen atoms in total. The molecule has 1 fully saturated rings. The normalized spacial score (nSPS) is 26.4. The van der Waals surface area contributed by atoms with Crippen LogP contribution in [-0.2, 0) is 31.8 Å². The number of rotatable bonds is 8. The van der Waals surface area contributed by atoms with Gasteiger partial charge in [-0.05, 0) is 0 Å². The Labute approximate surface area is 175 Å². The molecule has 1 unspecified atom stereocenters. The fraction of sp³-hybridized carbons (Fsp3) is 0.500. The van der Waals surface area contributed by atoms with E-state index in [1.54, 1.807) is 0 Å². The molecular weight excluding hydrogens is 507 g/mol. The lowest BCUT2D eigenvalue weighted by molar-refractivity contribution is -0.0502. The van der Waals surface area contributed by atoms with Crippen molar-refractivity contribution >= 4 is 40.6 Å². The first-order valence-corrected chi connectivity index (χ1v) is 12.7. The number of H-pyrrole nitrogens is 1. The highest BCUT2D eigenvalue weighted by molar-refractivity contribution is 7.60. The highest BCUT2D eigenvalue weighted by Crippen LogP contribution is 2.59. The average molecular weight is 523 g/mol. The first-order chi connectivity index (χ1) is 14.6. The summed E-state index contributed by atoms with van der Waals surface area (Å²) in [6.07, 6.45) is -6.25. The molecule has 3 rings (SSSR count). The Kier molecular flexibility index (Phi) is 6.78. The van der Waals surface area contributed by atoms with Crippen LogP contribution in [0.1, 0.15) is 6.23 Å². The van der Waals surface area contributed by atoms with Crippen molar-refractivity contribution in [3.8, 4) is 0 Å². The van der Waals surface area contributed by atoms with Gasteiger partial charge in [0.15, 0.2) is 17.4 Å². The van der Waals surface area contributed by atoms with E-state index in [1.165, 1.54) is 0 Å². The molecule has 3 heterocycles. The van der Waals surface area contributed by atoms with Crippen LogP contribution < -0.4 is 11.3 Å². The largest absolute Gasteiger partial charge is 0.481 e. The molecule has 2 aromatic rings. The topological polar surface area (TPSA) is 299 Å². The van der Waals surface area contributed by atoms with Crippen LogP contribution in [0.25, 0.3) is 11.2 Å². The van der Waals surface area contributed by atoms with Gasteiger partial charge in [0.25, 0.3) is 5.56 Å². The third kappa shape index (κ3) is 5.86. The third-order valence-electron chi connectivity index (χ3n) is 3.91. The Morgan fingerprint density at radius 2 is 1.84 bits per heavy atom. The van der Waals surface area contributed by atoms with Gasteiger partial charge in [-0.1, -0.05) is 0 Å². The van der Waals surface area contributed by atoms with Crippen molar-refractivity contribution in [3.63, 3.8) is 0 Å². The number of aromatic amines is 1. The van der Waals surface area contributed by atoms with E-state index in [4.69, 9.17) is 30.0 Å². The van der Waals surface area contributed by atoms with Crippen LogP contribution >= 0.6 is 23.5 Å². The minimum atomic E-state index is -5.54. The summed E-state index contributed by atoms with van der Waals surface area (Å²) >= 11 is 0. The molecule has 1 saturated heterocycles. The summed E-state index contributed by atoms with van der Waals surface area (Å²) in [4.78, 5) is 66.6. The molecule has 0 bridgehead atoms. The summed E-state index contributed by atoms with van der Waals surface area (Å²) in [7, 11) is -16.1. The number of anilines is 1. The van der Waals surface area contributed by atoms with E-state index in [-0.39, 0.29) is 17.1 Å². The second kappa shape index (κ2) is 8.66. The Balaban J connectivity index is 1.96. The van der Waals surface area contributed by atoms with Gasteiger partial charge in [-0.25, -0.2) is 18.7 Å². The van der Waals surface area contributed by atoms with E-state index in [0.29, 0.717) is 0 Å². The molecule has 22 heteroatoms. The third-order valence-corrected chi connectivity index (χ3v) is 6.58. The predicted octanol–water partition coefficient (Wildman–Crippen LogP) is -2.34. The van der Waals surface area contributed by atoms with Gasteiger partial charge in [-0.2, -0.15) is 9.29 Å². The first-order valence-electron chi connectivity index (χ1n) is 8.10. The van der Waals surface area contributed by atoms with Gasteiger partial charge in [0, 0.05) is 0 Å². The zero-order chi connectivity index (χ0) is 24.1. The summed E-state index contributed by atoms with van der Waals surface area (Å²) in [5.41, 5.74) is 4.29. The van der Waals surface area contributed by atoms with Crippen LogP contribution in [0, 0.1) is 0 Å². The molecule has 0 aromatic carbocycles. The number of ether oxygens (including phenoxy) is 1. The molecule has 1 aliphatic heterocycles. The molecule has 0 aliphatic carbocycles. The summed E-state index contributed by atoms with van der Waals surface area (Å²) in [6, 6.07) is 0. The maximum absolute atomic E-state index is 11.9. The predicted molar refractivity (Wildman–Crippen MR) is 98.3 cm³/mol. The lowest BCUT2D eigenvalue weighted by atomic mass is 10.1. The van der Waals surface area contributed by atoms with Gasteiger partial charge in [0.2, 0.25) is 5.95 Å². The number of nitrogens with zero attached hydrogens (tertiary/aromatic N) is 3. The van der Waals surface area contributed by atoms with Crippen LogP contribution in [0.15, 0.2) is 11.1 Å². The molecule has 0 radical (unpaired) electrons. The molecule has 0 amide bonds. The van der Waals surface area contributed by atoms with Crippen LogP contribution in [0.3, 0.4) is 0 Å². The van der Waals surface area contributed by atoms with Crippen LogP contribution in [0.5, 0.6) is 0 Å². The molecule has 5 atom stereocenters. The number of aliphatic hydroxyl groups excluding tert-OH is 1. The first kappa shape index (κ1) is 25.1. The number of hydrogen-bond donors (Lipinski definition) is 8. The second-order valence-electron chi connectivity index (χ2n) is 6.23. The average Bonchev–Trinajstić information content (AvgIpc) is 3.12. The molecule has 1 aliphatic rings. The molecule has 9 N–H and O–H groups in total. The van der Waals surface area contributed by atoms with Crippen molar-refractivity contribution in [2.45, 2.75) is 24.5 Å². The van der Waals surface area contributed by atoms with E-state index >= 15 is 0 Å². The SMILES string of the molecule is Nc1nc2c(ncn2[C@@H]2O[C@H](COP(=O)(O)O)[C@@H](OP(=O)(O)OP(=O)(O)O)[C@H]2O)c(=O)[nH]1. The zero-order valence-corrected chi connectivity index (χ0v) is 18.0. The fourth-order valence-corrected chi connectivity index (χ4v) is 4.96. The monoisotopic (exact) mass is 523 g/mol. The van der Waals surface area contributed by atoms with E-state index < -0.39 is 60.2 Å². The molecule has 180 valence electrons. The Hall–Kier alpha value is -1.56. The van der Waals surface area contributed by atoms with Crippen LogP contribution in [0.2, 0.25) is 0 Å². The summed E-state index contributed by atoms with van der Waals surface area (Å²) < 4.78 is 52.7. The number of aliphatic hydroxyl groups is 1. The number of fused-ring (bicyclic) bond motifs is 1. The van der Waals surface area contributed by atoms with Gasteiger partial charge in [-0.3, -0.25) is 23.4 Å². The number of nitrogens with two attached hydrogens (primary N) is 1. The summed E-state index contributed by atoms with van der Waals surface area (Å²) in [6.45, 7) is -1.01. The molecule has 2 aromatic heterocycles. The Morgan fingerprint density at radius 3 is 2.44 bits per heavy atom. The number of nitrogens with one attached hydrogen (secondary N) is 1. The van der Waals surface area contributed by atoms with Gasteiger partial charge in [0.1, 0.15) is 18.3 Å². The highest BCUT2D eigenvalue weighted by Gasteiger charge is 2.51. The zero-order valence-electron chi connectivity index (χ0n) is 15.3.